The molecule has 2 heterocycles. The second kappa shape index (κ2) is 50.7. The molecule has 0 aromatic heterocycles. The number of hydrogen-bond donors (Lipinski definition) is 0. The highest BCUT2D eigenvalue weighted by molar-refractivity contribution is 9.10. The third kappa shape index (κ3) is 26.5. The lowest BCUT2D eigenvalue weighted by atomic mass is 9.79. The zero-order chi connectivity index (χ0) is 101. The van der Waals surface area contributed by atoms with E-state index in [4.69, 9.17) is 18.6 Å². The van der Waals surface area contributed by atoms with E-state index in [0.29, 0.717) is 11.8 Å². The predicted molar refractivity (Wildman–Crippen MR) is 623 cm³/mol. The van der Waals surface area contributed by atoms with Crippen LogP contribution in [0.1, 0.15) is 204 Å². The number of benzene rings is 16. The van der Waals surface area contributed by atoms with Crippen LogP contribution in [0.25, 0.3) is 11.1 Å². The Labute approximate surface area is 876 Å². The summed E-state index contributed by atoms with van der Waals surface area (Å²) in [7, 11) is -0.643. The average Bonchev–Trinajstić information content (AvgIpc) is 1.40. The zero-order valence-electron chi connectivity index (χ0n) is 86.5. The Bertz CT molecular complexity index is 6430. The molecule has 2 fully saturated rings. The lowest BCUT2D eigenvalue weighted by Crippen LogP contribution is -2.32. The molecule has 0 spiro atoms. The van der Waals surface area contributed by atoms with Crippen molar-refractivity contribution >= 4 is 159 Å². The molecule has 6 atom stereocenters. The predicted octanol–water partition coefficient (Wildman–Crippen LogP) is 37.1. The van der Waals surface area contributed by atoms with Gasteiger partial charge in [-0.05, 0) is 416 Å². The summed E-state index contributed by atoms with van der Waals surface area (Å²) >= 11 is 7.21. The first kappa shape index (κ1) is 104. The van der Waals surface area contributed by atoms with E-state index in [2.05, 4.69) is 546 Å². The fourth-order valence-corrected chi connectivity index (χ4v) is 19.2. The van der Waals surface area contributed by atoms with Crippen LogP contribution >= 0.6 is 31.9 Å². The summed E-state index contributed by atoms with van der Waals surface area (Å²) in [4.78, 5) is 14.0. The van der Waals surface area contributed by atoms with Crippen molar-refractivity contribution in [1.82, 2.24) is 0 Å². The smallest absolute Gasteiger partial charge is 0.402 e. The van der Waals surface area contributed by atoms with E-state index in [-0.39, 0.29) is 38.7 Å². The number of hydrogen-bond acceptors (Lipinski definition) is 10. The van der Waals surface area contributed by atoms with Gasteiger partial charge < -0.3 is 48.0 Å². The molecule has 16 aromatic rings. The van der Waals surface area contributed by atoms with Gasteiger partial charge in [0.2, 0.25) is 0 Å². The van der Waals surface area contributed by atoms with Crippen molar-refractivity contribution in [3.63, 3.8) is 0 Å². The van der Waals surface area contributed by atoms with Crippen LogP contribution in [0.15, 0.2) is 397 Å². The largest absolute Gasteiger partial charge is 0.494 e. The molecule has 0 bridgehead atoms. The van der Waals surface area contributed by atoms with Crippen molar-refractivity contribution in [2.45, 2.75) is 223 Å². The molecule has 0 aliphatic carbocycles. The number of unbranched alkanes of at least 4 members (excludes halogenated alkanes) is 4. The Hall–Kier alpha value is -12.8. The number of halogens is 2. The van der Waals surface area contributed by atoms with Crippen molar-refractivity contribution in [2.75, 3.05) is 29.4 Å². The van der Waals surface area contributed by atoms with Crippen molar-refractivity contribution in [3.05, 3.63) is 442 Å². The maximum Gasteiger partial charge on any atom is 0.494 e. The molecule has 734 valence electrons. The van der Waals surface area contributed by atoms with Gasteiger partial charge in [-0.3, -0.25) is 0 Å². The summed E-state index contributed by atoms with van der Waals surface area (Å²) in [5.74, 6) is 1.07. The molecule has 14 heteroatoms. The summed E-state index contributed by atoms with van der Waals surface area (Å²) in [6.07, 6.45) is 16.7. The highest BCUT2D eigenvalue weighted by Gasteiger charge is 2.38. The van der Waals surface area contributed by atoms with Crippen LogP contribution in [-0.2, 0) is 44.3 Å². The Morgan fingerprint density at radius 1 is 0.222 bits per heavy atom. The van der Waals surface area contributed by atoms with Crippen molar-refractivity contribution < 1.29 is 18.6 Å². The minimum Gasteiger partial charge on any atom is -0.402 e. The summed E-state index contributed by atoms with van der Waals surface area (Å²) in [5.41, 5.74) is 35.5. The van der Waals surface area contributed by atoms with Crippen molar-refractivity contribution in [3.8, 4) is 11.1 Å². The fourth-order valence-electron chi connectivity index (χ4n) is 18.7. The second-order valence-corrected chi connectivity index (χ2v) is 40.7. The molecule has 2 aliphatic heterocycles. The standard InChI is InChI=1S/C62H65N3.C38H38Br2N2.C30H37B2NO4/c1-7-10-12-49-18-32-56(33-19-49)63(54-28-14-46(4)15-29-54)61-42-44-62(45-43-61)65(57-34-20-50(21-35-57)13-11-8-2)60-40-26-53(27-41-60)52-24-38-59(39-25-52)64(55-30-16-47(5)17-31-55)58-36-22-51(23-37-58)48(6)9-3;1-3-5-7-29-9-17-33(18-10-29)41(35-21-13-31(39)14-22-35)37-25-27-38(28-26-37)42(36-23-15-32(40)16-24-36)34-19-11-30(12-20-34)8-6-4-2;1-7-20(2)25-8-14-28(15-9-25)33(29-16-10-26(11-17-29)31-34-21(3)22(4)35-31)30-18-12-27(13-19-30)32-36-23(5)24(6)37-32/h14-45,48H,7-13H2,1-6H3;9-28H,3-8H2,1-2H3;8-24H,7H2,1-6H3. The average molecular weight is 2030 g/mol. The number of anilines is 18. The van der Waals surface area contributed by atoms with E-state index in [9.17, 15) is 0 Å². The summed E-state index contributed by atoms with van der Waals surface area (Å²) < 4.78 is 26.1. The molecule has 0 amide bonds. The van der Waals surface area contributed by atoms with E-state index in [1.165, 1.54) is 107 Å². The van der Waals surface area contributed by atoms with E-state index >= 15 is 0 Å². The summed E-state index contributed by atoms with van der Waals surface area (Å²) in [6, 6.07) is 142. The van der Waals surface area contributed by atoms with Crippen LogP contribution in [0.3, 0.4) is 0 Å². The Balaban J connectivity index is 0.000000163. The molecule has 2 saturated heterocycles. The monoisotopic (exact) mass is 2030 g/mol. The molecular formula is C130H140B2Br2N6O4. The molecule has 2 aliphatic rings. The first-order valence-electron chi connectivity index (χ1n) is 52.4. The molecule has 16 aromatic carbocycles. The van der Waals surface area contributed by atoms with Gasteiger partial charge in [0, 0.05) is 111 Å². The van der Waals surface area contributed by atoms with Gasteiger partial charge in [0.1, 0.15) is 0 Å². The van der Waals surface area contributed by atoms with E-state index in [1.807, 2.05) is 0 Å². The lowest BCUT2D eigenvalue weighted by Gasteiger charge is -2.29. The third-order valence-corrected chi connectivity index (χ3v) is 29.4. The van der Waals surface area contributed by atoms with Gasteiger partial charge in [0.05, 0.1) is 24.4 Å². The molecule has 0 N–H and O–H groups in total. The highest BCUT2D eigenvalue weighted by Crippen LogP contribution is 2.46. The lowest BCUT2D eigenvalue weighted by molar-refractivity contribution is 0.187. The van der Waals surface area contributed by atoms with Crippen LogP contribution in [-0.4, -0.2) is 38.7 Å². The van der Waals surface area contributed by atoms with Gasteiger partial charge in [-0.15, -0.1) is 0 Å². The van der Waals surface area contributed by atoms with Gasteiger partial charge in [-0.2, -0.15) is 0 Å². The number of nitrogens with zero attached hydrogens (tertiary/aromatic N) is 6. The maximum absolute atomic E-state index is 5.99. The van der Waals surface area contributed by atoms with Gasteiger partial charge >= 0.3 is 14.2 Å². The highest BCUT2D eigenvalue weighted by atomic mass is 79.9. The van der Waals surface area contributed by atoms with E-state index in [1.54, 1.807) is 0 Å². The first-order chi connectivity index (χ1) is 70.2. The topological polar surface area (TPSA) is 56.4 Å². The maximum atomic E-state index is 5.99. The van der Waals surface area contributed by atoms with E-state index in [0.717, 1.165) is 161 Å². The number of rotatable bonds is 37. The minimum absolute atomic E-state index is 0.0857. The number of aryl methyl sites for hydroxylation is 6. The van der Waals surface area contributed by atoms with Crippen LogP contribution in [0.5, 0.6) is 0 Å². The second-order valence-electron chi connectivity index (χ2n) is 38.9. The Kier molecular flexibility index (Phi) is 36.6. The quantitative estimate of drug-likeness (QED) is 0.0352. The molecule has 18 rings (SSSR count). The van der Waals surface area contributed by atoms with Crippen molar-refractivity contribution in [2.24, 2.45) is 0 Å². The first-order valence-corrected chi connectivity index (χ1v) is 54.0. The van der Waals surface area contributed by atoms with Gasteiger partial charge in [-0.1, -0.05) is 270 Å². The summed E-state index contributed by atoms with van der Waals surface area (Å²) in [5, 5.41) is 0. The third-order valence-electron chi connectivity index (χ3n) is 28.3. The molecule has 144 heavy (non-hydrogen) atoms. The fraction of sp³-hybridized carbons (Fsp3) is 0.262. The molecule has 10 nitrogen and oxygen atoms in total. The molecule has 6 unspecified atom stereocenters. The zero-order valence-corrected chi connectivity index (χ0v) is 89.7. The van der Waals surface area contributed by atoms with Crippen LogP contribution in [0.2, 0.25) is 0 Å². The normalized spacial score (nSPS) is 14.7. The minimum atomic E-state index is -0.321. The van der Waals surface area contributed by atoms with Gasteiger partial charge in [-0.25, -0.2) is 0 Å². The summed E-state index contributed by atoms with van der Waals surface area (Å²) in [6.45, 7) is 30.6. The Morgan fingerprint density at radius 2 is 0.382 bits per heavy atom. The van der Waals surface area contributed by atoms with E-state index < -0.39 is 0 Å². The van der Waals surface area contributed by atoms with Crippen LogP contribution in [0, 0.1) is 13.8 Å². The molecular weight excluding hydrogens is 1890 g/mol. The molecule has 0 saturated carbocycles. The molecule has 0 radical (unpaired) electrons. The van der Waals surface area contributed by atoms with Gasteiger partial charge in [0.25, 0.3) is 0 Å². The van der Waals surface area contributed by atoms with Gasteiger partial charge in [0.15, 0.2) is 0 Å². The van der Waals surface area contributed by atoms with Crippen LogP contribution in [0.4, 0.5) is 102 Å². The van der Waals surface area contributed by atoms with Crippen molar-refractivity contribution in [1.29, 1.82) is 0 Å². The van der Waals surface area contributed by atoms with Crippen LogP contribution < -0.4 is 40.3 Å². The SMILES string of the molecule is CCC(C)c1ccc(N(c2ccc(B3OC(C)C(C)O3)cc2)c2ccc(B3OC(C)C(C)O3)cc2)cc1.CCCCc1ccc(N(c2ccc(Br)cc2)c2ccc(N(c3ccc(Br)cc3)c3ccc(CCCC)cc3)cc2)cc1.CCCCc1ccc(N(c2ccc(C)cc2)c2ccc(N(c3ccc(CCCC)cc3)c3ccc(-c4ccc(N(c5ccc(C)cc5)c5ccc(C(C)CC)cc5)cc4)cc3)cc2)cc1. The Morgan fingerprint density at radius 3 is 0.569 bits per heavy atom.